The normalized spacial score (nSPS) is 51.5. The first-order chi connectivity index (χ1) is 19.5. The average Bonchev–Trinajstić information content (AvgIpc) is 3.51. The standard InChI is InChI=1S/C36H59NO5/c1-21(2)19-24(29(39)40)37-30(41)36-16-11-23(35(8)20-42-35)28(36)22-9-10-26-32(5)14-13-27(38)31(3,4)25(32)12-15-34(26,7)33(22,6)17-18-36/h21-28,38H,9-20H2,1-8H3,(H,37,41)(H,39,40)/t22?,23-,24+,25+,26-,27-,28-,32+,33-,34-,35-,36+/m1/s1. The summed E-state index contributed by atoms with van der Waals surface area (Å²) in [5.41, 5.74) is -0.188. The summed E-state index contributed by atoms with van der Waals surface area (Å²) in [6.07, 6.45) is 10.7. The van der Waals surface area contributed by atoms with Gasteiger partial charge >= 0.3 is 5.97 Å². The van der Waals surface area contributed by atoms with Gasteiger partial charge in [-0.3, -0.25) is 4.79 Å². The number of carboxylic acid groups (broad SMARTS) is 1. The molecule has 6 aliphatic rings. The van der Waals surface area contributed by atoms with Gasteiger partial charge in [-0.15, -0.1) is 0 Å². The lowest BCUT2D eigenvalue weighted by molar-refractivity contribution is -0.248. The van der Waals surface area contributed by atoms with Crippen LogP contribution in [0.4, 0.5) is 0 Å². The number of hydrogen-bond acceptors (Lipinski definition) is 4. The highest BCUT2D eigenvalue weighted by Crippen LogP contribution is 2.78. The van der Waals surface area contributed by atoms with Crippen molar-refractivity contribution in [3.05, 3.63) is 0 Å². The Balaban J connectivity index is 1.36. The number of carboxylic acids is 1. The minimum atomic E-state index is -0.920. The Kier molecular flexibility index (Phi) is 7.11. The second-order valence-electron chi connectivity index (χ2n) is 18.0. The smallest absolute Gasteiger partial charge is 0.326 e. The van der Waals surface area contributed by atoms with Gasteiger partial charge in [0.15, 0.2) is 0 Å². The zero-order valence-electron chi connectivity index (χ0n) is 27.7. The number of hydrogen-bond donors (Lipinski definition) is 3. The first-order valence-corrected chi connectivity index (χ1v) is 17.3. The molecule has 5 aliphatic carbocycles. The molecule has 12 atom stereocenters. The number of aliphatic carboxylic acids is 1. The minimum Gasteiger partial charge on any atom is -0.480 e. The van der Waals surface area contributed by atoms with Crippen molar-refractivity contribution in [2.45, 2.75) is 144 Å². The van der Waals surface area contributed by atoms with E-state index in [1.165, 1.54) is 19.3 Å². The van der Waals surface area contributed by atoms with Crippen LogP contribution in [0.3, 0.4) is 0 Å². The highest BCUT2D eigenvalue weighted by molar-refractivity contribution is 5.88. The van der Waals surface area contributed by atoms with E-state index >= 15 is 0 Å². The maximum absolute atomic E-state index is 14.4. The lowest BCUT2D eigenvalue weighted by Gasteiger charge is -2.72. The average molecular weight is 586 g/mol. The van der Waals surface area contributed by atoms with Crippen molar-refractivity contribution in [2.75, 3.05) is 6.61 Å². The van der Waals surface area contributed by atoms with Crippen molar-refractivity contribution in [3.63, 3.8) is 0 Å². The van der Waals surface area contributed by atoms with Gasteiger partial charge in [-0.25, -0.2) is 4.79 Å². The molecule has 5 saturated carbocycles. The summed E-state index contributed by atoms with van der Waals surface area (Å²) in [6.45, 7) is 19.5. The summed E-state index contributed by atoms with van der Waals surface area (Å²) in [5, 5.41) is 24.2. The van der Waals surface area contributed by atoms with Gasteiger partial charge in [-0.1, -0.05) is 48.5 Å². The molecule has 6 heteroatoms. The Morgan fingerprint density at radius 1 is 0.833 bits per heavy atom. The fraction of sp³-hybridized carbons (Fsp3) is 0.944. The van der Waals surface area contributed by atoms with Crippen molar-refractivity contribution in [1.29, 1.82) is 0 Å². The van der Waals surface area contributed by atoms with Gasteiger partial charge in [0.2, 0.25) is 5.91 Å². The SMILES string of the molecule is CC(C)C[C@H](NC(=O)[C@]12CC[C@@H]([C@@]3(C)CO3)[C@H]1C1CC[C@@H]3[C@@]4(C)CC[C@@H](O)C(C)(C)[C@@H]4CC[C@@]3(C)[C@]1(C)CC2)C(=O)O. The number of fused-ring (bicyclic) bond motifs is 7. The zero-order valence-corrected chi connectivity index (χ0v) is 27.7. The highest BCUT2D eigenvalue weighted by atomic mass is 16.6. The quantitative estimate of drug-likeness (QED) is 0.297. The minimum absolute atomic E-state index is 0.000291. The topological polar surface area (TPSA) is 99.2 Å². The molecule has 1 aliphatic heterocycles. The number of ether oxygens (including phenoxy) is 1. The molecule has 3 N–H and O–H groups in total. The van der Waals surface area contributed by atoms with Crippen molar-refractivity contribution >= 4 is 11.9 Å². The summed E-state index contributed by atoms with van der Waals surface area (Å²) < 4.78 is 6.14. The van der Waals surface area contributed by atoms with E-state index in [0.717, 1.165) is 51.6 Å². The number of carbonyl (C=O) groups is 2. The van der Waals surface area contributed by atoms with E-state index in [0.29, 0.717) is 30.1 Å². The third kappa shape index (κ3) is 4.08. The summed E-state index contributed by atoms with van der Waals surface area (Å²) in [7, 11) is 0. The van der Waals surface area contributed by atoms with Crippen LogP contribution < -0.4 is 5.32 Å². The van der Waals surface area contributed by atoms with Crippen molar-refractivity contribution < 1.29 is 24.5 Å². The Morgan fingerprint density at radius 2 is 1.52 bits per heavy atom. The van der Waals surface area contributed by atoms with Crippen LogP contribution in [0.1, 0.15) is 126 Å². The fourth-order valence-corrected chi connectivity index (χ4v) is 13.0. The molecule has 1 heterocycles. The molecule has 42 heavy (non-hydrogen) atoms. The van der Waals surface area contributed by atoms with Crippen LogP contribution in [0.15, 0.2) is 0 Å². The van der Waals surface area contributed by atoms with Crippen LogP contribution in [-0.4, -0.2) is 46.4 Å². The Hall–Kier alpha value is -1.14. The van der Waals surface area contributed by atoms with Gasteiger partial charge in [-0.2, -0.15) is 0 Å². The molecule has 6 nitrogen and oxygen atoms in total. The second kappa shape index (κ2) is 9.68. The molecule has 0 bridgehead atoms. The van der Waals surface area contributed by atoms with E-state index in [2.05, 4.69) is 46.9 Å². The first kappa shape index (κ1) is 30.9. The van der Waals surface area contributed by atoms with Crippen molar-refractivity contribution in [1.82, 2.24) is 5.32 Å². The van der Waals surface area contributed by atoms with Crippen LogP contribution in [0, 0.1) is 62.6 Å². The van der Waals surface area contributed by atoms with Gasteiger partial charge in [0.1, 0.15) is 6.04 Å². The molecule has 0 radical (unpaired) electrons. The molecule has 238 valence electrons. The van der Waals surface area contributed by atoms with E-state index in [-0.39, 0.29) is 51.1 Å². The van der Waals surface area contributed by atoms with Gasteiger partial charge in [-0.05, 0) is 135 Å². The number of rotatable bonds is 6. The van der Waals surface area contributed by atoms with Crippen molar-refractivity contribution in [3.8, 4) is 0 Å². The zero-order chi connectivity index (χ0) is 30.7. The molecule has 0 aromatic carbocycles. The maximum Gasteiger partial charge on any atom is 0.326 e. The maximum atomic E-state index is 14.4. The Bertz CT molecular complexity index is 1110. The van der Waals surface area contributed by atoms with E-state index in [9.17, 15) is 19.8 Å². The fourth-order valence-electron chi connectivity index (χ4n) is 13.0. The number of aliphatic hydroxyl groups is 1. The largest absolute Gasteiger partial charge is 0.480 e. The number of aliphatic hydroxyl groups excluding tert-OH is 1. The molecule has 6 fully saturated rings. The number of epoxide rings is 1. The molecule has 0 aromatic rings. The lowest BCUT2D eigenvalue weighted by atomic mass is 9.32. The molecule has 1 saturated heterocycles. The van der Waals surface area contributed by atoms with Crippen LogP contribution in [0.25, 0.3) is 0 Å². The van der Waals surface area contributed by atoms with E-state index in [1.807, 2.05) is 13.8 Å². The molecule has 0 spiro atoms. The van der Waals surface area contributed by atoms with E-state index in [4.69, 9.17) is 4.74 Å². The number of nitrogens with one attached hydrogen (secondary N) is 1. The van der Waals surface area contributed by atoms with Crippen LogP contribution in [0.2, 0.25) is 0 Å². The monoisotopic (exact) mass is 585 g/mol. The second-order valence-corrected chi connectivity index (χ2v) is 18.0. The first-order valence-electron chi connectivity index (χ1n) is 17.3. The summed E-state index contributed by atoms with van der Waals surface area (Å²) in [5.74, 6) is 1.43. The van der Waals surface area contributed by atoms with Crippen LogP contribution in [-0.2, 0) is 14.3 Å². The summed E-state index contributed by atoms with van der Waals surface area (Å²) in [4.78, 5) is 26.7. The van der Waals surface area contributed by atoms with E-state index in [1.54, 1.807) is 0 Å². The number of carbonyl (C=O) groups excluding carboxylic acids is 1. The van der Waals surface area contributed by atoms with Crippen LogP contribution >= 0.6 is 0 Å². The predicted molar refractivity (Wildman–Crippen MR) is 164 cm³/mol. The third-order valence-electron chi connectivity index (χ3n) is 15.6. The van der Waals surface area contributed by atoms with Crippen molar-refractivity contribution in [2.24, 2.45) is 62.6 Å². The third-order valence-corrected chi connectivity index (χ3v) is 15.6. The summed E-state index contributed by atoms with van der Waals surface area (Å²) in [6, 6.07) is -0.832. The predicted octanol–water partition coefficient (Wildman–Crippen LogP) is 6.83. The molecule has 0 aromatic heterocycles. The van der Waals surface area contributed by atoms with Crippen LogP contribution in [0.5, 0.6) is 0 Å². The lowest BCUT2D eigenvalue weighted by Crippen LogP contribution is -2.67. The molecular formula is C36H59NO5. The summed E-state index contributed by atoms with van der Waals surface area (Å²) >= 11 is 0. The van der Waals surface area contributed by atoms with E-state index < -0.39 is 17.4 Å². The van der Waals surface area contributed by atoms with Gasteiger partial charge in [0.25, 0.3) is 0 Å². The van der Waals surface area contributed by atoms with Gasteiger partial charge < -0.3 is 20.3 Å². The van der Waals surface area contributed by atoms with Gasteiger partial charge in [0.05, 0.1) is 23.7 Å². The molecular weight excluding hydrogens is 526 g/mol. The molecule has 1 unspecified atom stereocenters. The van der Waals surface area contributed by atoms with Gasteiger partial charge in [0, 0.05) is 0 Å². The molecule has 1 amide bonds. The Morgan fingerprint density at radius 3 is 2.14 bits per heavy atom. The Labute approximate surface area is 254 Å². The molecule has 6 rings (SSSR count). The highest BCUT2D eigenvalue weighted by Gasteiger charge is 2.73. The number of amides is 1.